The molecule has 0 N–H and O–H groups in total. The smallest absolute Gasteiger partial charge is 0.171 e. The van der Waals surface area contributed by atoms with E-state index >= 15 is 0 Å². The highest BCUT2D eigenvalue weighted by molar-refractivity contribution is 6.34. The summed E-state index contributed by atoms with van der Waals surface area (Å²) in [6, 6.07) is 1.98. The third kappa shape index (κ3) is 1.33. The monoisotopic (exact) mass is 221 g/mol. The van der Waals surface area contributed by atoms with Gasteiger partial charge < -0.3 is 9.64 Å². The molecule has 0 aromatic carbocycles. The molecule has 2 atom stereocenters. The lowest BCUT2D eigenvalue weighted by Gasteiger charge is -2.32. The van der Waals surface area contributed by atoms with Crippen LogP contribution in [-0.2, 0) is 0 Å². The first-order valence-electron chi connectivity index (χ1n) is 5.00. The SMILES string of the molecule is F[C@@H]1CC2COc3c([Si])ccnc3N2C1. The van der Waals surface area contributed by atoms with Crippen LogP contribution in [0.1, 0.15) is 6.42 Å². The second-order valence-corrected chi connectivity index (χ2v) is 4.50. The van der Waals surface area contributed by atoms with Gasteiger partial charge in [-0.3, -0.25) is 0 Å². The van der Waals surface area contributed by atoms with Gasteiger partial charge in [0.25, 0.3) is 0 Å². The number of halogens is 1. The Morgan fingerprint density at radius 1 is 1.60 bits per heavy atom. The summed E-state index contributed by atoms with van der Waals surface area (Å²) in [5.41, 5.74) is 0. The van der Waals surface area contributed by atoms with Crippen molar-refractivity contribution in [3.05, 3.63) is 12.3 Å². The van der Waals surface area contributed by atoms with E-state index in [0.717, 1.165) is 16.8 Å². The standard InChI is InChI=1S/C10H10FN2OSi/c11-6-3-7-5-14-9-8(15)1-2-12-10(9)13(7)4-6/h1-2,6-7H,3-5H2/t6-,7?/m1/s1. The number of aromatic nitrogens is 1. The minimum atomic E-state index is -0.760. The van der Waals surface area contributed by atoms with Gasteiger partial charge in [-0.15, -0.1) is 0 Å². The number of hydrogen-bond donors (Lipinski definition) is 0. The van der Waals surface area contributed by atoms with Crippen LogP contribution >= 0.6 is 0 Å². The first-order chi connectivity index (χ1) is 7.25. The molecule has 0 saturated carbocycles. The molecule has 3 heterocycles. The molecule has 1 fully saturated rings. The number of fused-ring (bicyclic) bond motifs is 3. The fourth-order valence-corrected chi connectivity index (χ4v) is 2.50. The van der Waals surface area contributed by atoms with E-state index in [2.05, 4.69) is 15.2 Å². The van der Waals surface area contributed by atoms with Crippen LogP contribution in [0.25, 0.3) is 0 Å². The highest BCUT2D eigenvalue weighted by Crippen LogP contribution is 2.35. The van der Waals surface area contributed by atoms with Crippen LogP contribution < -0.4 is 14.8 Å². The number of anilines is 1. The molecule has 2 aliphatic rings. The minimum Gasteiger partial charge on any atom is -0.488 e. The molecule has 2 aliphatic heterocycles. The number of hydrogen-bond acceptors (Lipinski definition) is 3. The maximum atomic E-state index is 13.3. The van der Waals surface area contributed by atoms with E-state index in [1.165, 1.54) is 0 Å². The summed E-state index contributed by atoms with van der Waals surface area (Å²) >= 11 is 0. The van der Waals surface area contributed by atoms with Gasteiger partial charge in [0.15, 0.2) is 11.6 Å². The van der Waals surface area contributed by atoms with Crippen LogP contribution in [0, 0.1) is 0 Å². The van der Waals surface area contributed by atoms with E-state index in [-0.39, 0.29) is 6.04 Å². The second kappa shape index (κ2) is 3.20. The third-order valence-corrected chi connectivity index (χ3v) is 3.33. The van der Waals surface area contributed by atoms with Crippen molar-refractivity contribution < 1.29 is 9.13 Å². The molecule has 0 amide bonds. The van der Waals surface area contributed by atoms with Crippen molar-refractivity contribution in [2.75, 3.05) is 18.1 Å². The average Bonchev–Trinajstić information content (AvgIpc) is 2.59. The van der Waals surface area contributed by atoms with Crippen LogP contribution in [0.5, 0.6) is 5.75 Å². The Morgan fingerprint density at radius 3 is 3.33 bits per heavy atom. The van der Waals surface area contributed by atoms with Gasteiger partial charge in [0.05, 0.1) is 22.8 Å². The number of rotatable bonds is 0. The van der Waals surface area contributed by atoms with Crippen molar-refractivity contribution in [2.45, 2.75) is 18.6 Å². The molecule has 3 radical (unpaired) electrons. The maximum absolute atomic E-state index is 13.3. The molecule has 0 aliphatic carbocycles. The fourth-order valence-electron chi connectivity index (χ4n) is 2.24. The van der Waals surface area contributed by atoms with Crippen LogP contribution in [0.4, 0.5) is 10.2 Å². The summed E-state index contributed by atoms with van der Waals surface area (Å²) in [5.74, 6) is 1.50. The fraction of sp³-hybridized carbons (Fsp3) is 0.500. The van der Waals surface area contributed by atoms with Crippen LogP contribution in [0.15, 0.2) is 12.3 Å². The van der Waals surface area contributed by atoms with Gasteiger partial charge in [-0.05, 0) is 11.3 Å². The third-order valence-electron chi connectivity index (χ3n) is 2.94. The second-order valence-electron chi connectivity index (χ2n) is 3.96. The molecular formula is C10H10FN2OSi. The molecule has 0 bridgehead atoms. The van der Waals surface area contributed by atoms with Gasteiger partial charge >= 0.3 is 0 Å². The van der Waals surface area contributed by atoms with Crippen molar-refractivity contribution in [3.63, 3.8) is 0 Å². The van der Waals surface area contributed by atoms with E-state index in [9.17, 15) is 4.39 Å². The molecule has 3 nitrogen and oxygen atoms in total. The summed E-state index contributed by atoms with van der Waals surface area (Å²) in [7, 11) is 3.46. The molecule has 3 rings (SSSR count). The number of alkyl halides is 1. The first kappa shape index (κ1) is 9.15. The normalized spacial score (nSPS) is 28.3. The average molecular weight is 221 g/mol. The number of ether oxygens (including phenoxy) is 1. The molecule has 1 saturated heterocycles. The maximum Gasteiger partial charge on any atom is 0.171 e. The Bertz CT molecular complexity index is 401. The van der Waals surface area contributed by atoms with Gasteiger partial charge in [0.2, 0.25) is 0 Å². The Labute approximate surface area is 90.7 Å². The van der Waals surface area contributed by atoms with Gasteiger partial charge in [0, 0.05) is 12.6 Å². The van der Waals surface area contributed by atoms with Gasteiger partial charge in [-0.2, -0.15) is 0 Å². The quantitative estimate of drug-likeness (QED) is 0.585. The zero-order chi connectivity index (χ0) is 10.4. The van der Waals surface area contributed by atoms with Crippen molar-refractivity contribution >= 4 is 21.2 Å². The van der Waals surface area contributed by atoms with Gasteiger partial charge in [-0.25, -0.2) is 9.37 Å². The van der Waals surface area contributed by atoms with Crippen molar-refractivity contribution in [1.82, 2.24) is 4.98 Å². The van der Waals surface area contributed by atoms with Gasteiger partial charge in [0.1, 0.15) is 12.8 Å². The zero-order valence-electron chi connectivity index (χ0n) is 8.11. The minimum absolute atomic E-state index is 0.147. The van der Waals surface area contributed by atoms with Crippen molar-refractivity contribution in [2.24, 2.45) is 0 Å². The Morgan fingerprint density at radius 2 is 2.47 bits per heavy atom. The summed E-state index contributed by atoms with van der Waals surface area (Å²) in [4.78, 5) is 6.27. The molecule has 15 heavy (non-hydrogen) atoms. The van der Waals surface area contributed by atoms with E-state index in [1.807, 2.05) is 11.0 Å². The molecule has 1 unspecified atom stereocenters. The van der Waals surface area contributed by atoms with Gasteiger partial charge in [-0.1, -0.05) is 0 Å². The van der Waals surface area contributed by atoms with Crippen LogP contribution in [0.2, 0.25) is 0 Å². The molecule has 5 heteroatoms. The highest BCUT2D eigenvalue weighted by Gasteiger charge is 2.38. The van der Waals surface area contributed by atoms with E-state index < -0.39 is 6.17 Å². The predicted octanol–water partition coefficient (Wildman–Crippen LogP) is 0.185. The Balaban J connectivity index is 2.05. The lowest BCUT2D eigenvalue weighted by molar-refractivity contribution is 0.263. The van der Waals surface area contributed by atoms with Crippen LogP contribution in [-0.4, -0.2) is 40.6 Å². The molecule has 77 valence electrons. The van der Waals surface area contributed by atoms with Crippen LogP contribution in [0.3, 0.4) is 0 Å². The summed E-state index contributed by atoms with van der Waals surface area (Å²) in [5, 5.41) is 0.876. The molecule has 1 aromatic rings. The zero-order valence-corrected chi connectivity index (χ0v) is 9.11. The Kier molecular flexibility index (Phi) is 1.95. The topological polar surface area (TPSA) is 25.4 Å². The lowest BCUT2D eigenvalue weighted by Crippen LogP contribution is -2.40. The van der Waals surface area contributed by atoms with E-state index in [0.29, 0.717) is 19.6 Å². The predicted molar refractivity (Wildman–Crippen MR) is 55.8 cm³/mol. The lowest BCUT2D eigenvalue weighted by atomic mass is 10.2. The summed E-state index contributed by atoms with van der Waals surface area (Å²) in [6.45, 7) is 0.986. The number of pyridine rings is 1. The largest absolute Gasteiger partial charge is 0.488 e. The van der Waals surface area contributed by atoms with E-state index in [4.69, 9.17) is 4.74 Å². The number of nitrogens with zero attached hydrogens (tertiary/aromatic N) is 2. The van der Waals surface area contributed by atoms with E-state index in [1.54, 1.807) is 6.20 Å². The molecular weight excluding hydrogens is 211 g/mol. The first-order valence-corrected chi connectivity index (χ1v) is 5.50. The summed E-state index contributed by atoms with van der Waals surface area (Å²) in [6.07, 6.45) is 1.50. The molecule has 0 spiro atoms. The highest BCUT2D eigenvalue weighted by atomic mass is 28.1. The van der Waals surface area contributed by atoms with Crippen molar-refractivity contribution in [1.29, 1.82) is 0 Å². The summed E-state index contributed by atoms with van der Waals surface area (Å²) < 4.78 is 18.9. The molecule has 1 aromatic heterocycles. The van der Waals surface area contributed by atoms with Crippen molar-refractivity contribution in [3.8, 4) is 5.75 Å². The Hall–Kier alpha value is -1.10.